The number of hydrogen-bond donors (Lipinski definition) is 2. The Balaban J connectivity index is 1.18. The molecule has 1 aliphatic carbocycles. The van der Waals surface area contributed by atoms with E-state index in [0.717, 1.165) is 58.4 Å². The maximum Gasteiger partial charge on any atom is 0.321 e. The molecule has 2 saturated heterocycles. The molecule has 0 aromatic heterocycles. The molecule has 2 amide bonds. The number of hydrogen-bond acceptors (Lipinski definition) is 4. The fourth-order valence-corrected chi connectivity index (χ4v) is 5.34. The summed E-state index contributed by atoms with van der Waals surface area (Å²) in [4.78, 5) is 19.6. The van der Waals surface area contributed by atoms with Crippen LogP contribution in [0.2, 0.25) is 10.0 Å². The van der Waals surface area contributed by atoms with E-state index in [9.17, 15) is 9.90 Å². The molecule has 2 aliphatic heterocycles. The molecule has 6 nitrogen and oxygen atoms in total. The van der Waals surface area contributed by atoms with Crippen LogP contribution in [0.15, 0.2) is 18.2 Å². The number of carbonyl (C=O) groups excluding carboxylic acids is 1. The summed E-state index contributed by atoms with van der Waals surface area (Å²) in [5.74, 6) is 0.716. The Kier molecular flexibility index (Phi) is 7.42. The number of nitrogens with one attached hydrogen (secondary N) is 1. The van der Waals surface area contributed by atoms with E-state index >= 15 is 0 Å². The highest BCUT2D eigenvalue weighted by atomic mass is 35.5. The summed E-state index contributed by atoms with van der Waals surface area (Å²) >= 11 is 12.0. The van der Waals surface area contributed by atoms with E-state index in [2.05, 4.69) is 15.1 Å². The zero-order chi connectivity index (χ0) is 21.1. The third-order valence-corrected chi connectivity index (χ3v) is 7.59. The second-order valence-corrected chi connectivity index (χ2v) is 9.77. The molecule has 1 saturated carbocycles. The van der Waals surface area contributed by atoms with Crippen LogP contribution in [0, 0.1) is 5.92 Å². The minimum atomic E-state index is -0.0837. The van der Waals surface area contributed by atoms with Gasteiger partial charge >= 0.3 is 6.03 Å². The molecule has 2 heterocycles. The van der Waals surface area contributed by atoms with Gasteiger partial charge in [-0.1, -0.05) is 23.2 Å². The zero-order valence-corrected chi connectivity index (χ0v) is 18.9. The molecule has 30 heavy (non-hydrogen) atoms. The van der Waals surface area contributed by atoms with Gasteiger partial charge in [-0.15, -0.1) is 0 Å². The number of benzene rings is 1. The molecule has 0 spiro atoms. The van der Waals surface area contributed by atoms with Crippen LogP contribution in [0.1, 0.15) is 32.1 Å². The summed E-state index contributed by atoms with van der Waals surface area (Å²) < 4.78 is 0. The largest absolute Gasteiger partial charge is 0.393 e. The summed E-state index contributed by atoms with van der Waals surface area (Å²) in [5.41, 5.74) is 0.665. The SMILES string of the molecule is O=C(Nc1ccc(Cl)c(Cl)c1)N1CCN(C[C@H]2CCN(C3CCC(O)CC3)C2)CC1. The fourth-order valence-electron chi connectivity index (χ4n) is 5.04. The summed E-state index contributed by atoms with van der Waals surface area (Å²) in [7, 11) is 0. The molecular formula is C22H32Cl2N4O2. The molecule has 3 fully saturated rings. The van der Waals surface area contributed by atoms with Gasteiger partial charge in [-0.2, -0.15) is 0 Å². The standard InChI is InChI=1S/C22H32Cl2N4O2/c23-20-6-1-17(13-21(20)24)25-22(30)27-11-9-26(10-12-27)14-16-7-8-28(15-16)18-2-4-19(29)5-3-18/h1,6,13,16,18-19,29H,2-5,7-12,14-15H2,(H,25,30)/t16-,18?,19?/m1/s1. The Bertz CT molecular complexity index is 734. The van der Waals surface area contributed by atoms with Crippen LogP contribution in [0.25, 0.3) is 0 Å². The van der Waals surface area contributed by atoms with E-state index in [1.54, 1.807) is 18.2 Å². The van der Waals surface area contributed by atoms with Crippen molar-refractivity contribution < 1.29 is 9.90 Å². The summed E-state index contributed by atoms with van der Waals surface area (Å²) in [6.45, 7) is 6.81. The Morgan fingerprint density at radius 1 is 1.00 bits per heavy atom. The lowest BCUT2D eigenvalue weighted by Gasteiger charge is -2.36. The molecule has 1 aromatic carbocycles. The first-order valence-corrected chi connectivity index (χ1v) is 11.9. The zero-order valence-electron chi connectivity index (χ0n) is 17.4. The minimum Gasteiger partial charge on any atom is -0.393 e. The minimum absolute atomic E-state index is 0.0789. The molecule has 3 aliphatic rings. The molecule has 0 bridgehead atoms. The first-order chi connectivity index (χ1) is 14.5. The summed E-state index contributed by atoms with van der Waals surface area (Å²) in [6, 6.07) is 5.72. The van der Waals surface area contributed by atoms with Crippen molar-refractivity contribution in [3.63, 3.8) is 0 Å². The molecule has 0 unspecified atom stereocenters. The van der Waals surface area contributed by atoms with Crippen molar-refractivity contribution in [2.45, 2.75) is 44.2 Å². The number of carbonyl (C=O) groups is 1. The van der Waals surface area contributed by atoms with Crippen LogP contribution in [0.4, 0.5) is 10.5 Å². The Morgan fingerprint density at radius 3 is 2.43 bits per heavy atom. The Morgan fingerprint density at radius 2 is 1.73 bits per heavy atom. The number of likely N-dealkylation sites (tertiary alicyclic amines) is 1. The molecule has 4 rings (SSSR count). The molecule has 166 valence electrons. The molecule has 0 radical (unpaired) electrons. The number of urea groups is 1. The van der Waals surface area contributed by atoms with Gasteiger partial charge in [0.1, 0.15) is 0 Å². The average molecular weight is 455 g/mol. The van der Waals surface area contributed by atoms with Gasteiger partial charge in [-0.05, 0) is 62.8 Å². The van der Waals surface area contributed by atoms with Gasteiger partial charge in [0.15, 0.2) is 0 Å². The van der Waals surface area contributed by atoms with E-state index < -0.39 is 0 Å². The lowest BCUT2D eigenvalue weighted by molar-refractivity contribution is 0.0802. The van der Waals surface area contributed by atoms with Crippen LogP contribution in [-0.2, 0) is 0 Å². The predicted octanol–water partition coefficient (Wildman–Crippen LogP) is 3.77. The number of halogens is 2. The third kappa shape index (κ3) is 5.60. The summed E-state index contributed by atoms with van der Waals surface area (Å²) in [5, 5.41) is 13.6. The van der Waals surface area contributed by atoms with E-state index in [4.69, 9.17) is 23.2 Å². The highest BCUT2D eigenvalue weighted by Crippen LogP contribution is 2.29. The first-order valence-electron chi connectivity index (χ1n) is 11.1. The van der Waals surface area contributed by atoms with Crippen LogP contribution in [0.3, 0.4) is 0 Å². The van der Waals surface area contributed by atoms with Crippen LogP contribution < -0.4 is 5.32 Å². The van der Waals surface area contributed by atoms with Crippen molar-refractivity contribution in [1.29, 1.82) is 0 Å². The van der Waals surface area contributed by atoms with Crippen LogP contribution >= 0.6 is 23.2 Å². The third-order valence-electron chi connectivity index (χ3n) is 6.85. The van der Waals surface area contributed by atoms with Gasteiger partial charge < -0.3 is 20.2 Å². The predicted molar refractivity (Wildman–Crippen MR) is 121 cm³/mol. The smallest absolute Gasteiger partial charge is 0.321 e. The number of anilines is 1. The van der Waals surface area contributed by atoms with Crippen molar-refractivity contribution >= 4 is 34.9 Å². The van der Waals surface area contributed by atoms with Crippen LogP contribution in [0.5, 0.6) is 0 Å². The van der Waals surface area contributed by atoms with Crippen molar-refractivity contribution in [2.24, 2.45) is 5.92 Å². The second-order valence-electron chi connectivity index (χ2n) is 8.96. The lowest BCUT2D eigenvalue weighted by Crippen LogP contribution is -2.51. The average Bonchev–Trinajstić information content (AvgIpc) is 3.20. The number of nitrogens with zero attached hydrogens (tertiary/aromatic N) is 3. The van der Waals surface area contributed by atoms with Crippen molar-refractivity contribution in [3.8, 4) is 0 Å². The maximum atomic E-state index is 12.6. The van der Waals surface area contributed by atoms with E-state index in [1.165, 1.54) is 19.5 Å². The number of rotatable bonds is 4. The monoisotopic (exact) mass is 454 g/mol. The first kappa shape index (κ1) is 22.2. The van der Waals surface area contributed by atoms with Gasteiger partial charge in [0.25, 0.3) is 0 Å². The topological polar surface area (TPSA) is 59.1 Å². The quantitative estimate of drug-likeness (QED) is 0.726. The maximum absolute atomic E-state index is 12.6. The summed E-state index contributed by atoms with van der Waals surface area (Å²) in [6.07, 6.45) is 5.37. The van der Waals surface area contributed by atoms with Crippen molar-refractivity contribution in [2.75, 3.05) is 51.1 Å². The number of amides is 2. The Labute approximate surface area is 189 Å². The molecule has 2 N–H and O–H groups in total. The number of piperazine rings is 1. The second kappa shape index (κ2) is 10.0. The Hall–Kier alpha value is -1.05. The number of aliphatic hydroxyl groups is 1. The van der Waals surface area contributed by atoms with Gasteiger partial charge in [-0.3, -0.25) is 4.90 Å². The van der Waals surface area contributed by atoms with Gasteiger partial charge in [0.05, 0.1) is 16.1 Å². The number of aliphatic hydroxyl groups excluding tert-OH is 1. The molecule has 8 heteroatoms. The molecular weight excluding hydrogens is 423 g/mol. The van der Waals surface area contributed by atoms with Gasteiger partial charge in [0, 0.05) is 51.0 Å². The highest BCUT2D eigenvalue weighted by Gasteiger charge is 2.32. The molecule has 1 aromatic rings. The highest BCUT2D eigenvalue weighted by molar-refractivity contribution is 6.42. The lowest BCUT2D eigenvalue weighted by atomic mass is 9.92. The van der Waals surface area contributed by atoms with Crippen LogP contribution in [-0.4, -0.2) is 83.8 Å². The van der Waals surface area contributed by atoms with Gasteiger partial charge in [-0.25, -0.2) is 4.79 Å². The van der Waals surface area contributed by atoms with Gasteiger partial charge in [0.2, 0.25) is 0 Å². The normalized spacial score (nSPS) is 28.6. The van der Waals surface area contributed by atoms with Crippen molar-refractivity contribution in [1.82, 2.24) is 14.7 Å². The van der Waals surface area contributed by atoms with E-state index in [0.29, 0.717) is 27.7 Å². The van der Waals surface area contributed by atoms with E-state index in [-0.39, 0.29) is 12.1 Å². The molecule has 1 atom stereocenters. The van der Waals surface area contributed by atoms with Crippen molar-refractivity contribution in [3.05, 3.63) is 28.2 Å². The van der Waals surface area contributed by atoms with E-state index in [1.807, 2.05) is 4.90 Å². The fraction of sp³-hybridized carbons (Fsp3) is 0.682.